The Kier molecular flexibility index (Phi) is 4.15. The van der Waals surface area contributed by atoms with Gasteiger partial charge in [0.25, 0.3) is 5.91 Å². The van der Waals surface area contributed by atoms with E-state index in [0.29, 0.717) is 6.42 Å². The average molecular weight is 389 g/mol. The van der Waals surface area contributed by atoms with E-state index in [0.717, 1.165) is 53.8 Å². The van der Waals surface area contributed by atoms with Gasteiger partial charge in [0.05, 0.1) is 0 Å². The van der Waals surface area contributed by atoms with Gasteiger partial charge in [-0.25, -0.2) is 4.79 Å². The third-order valence-corrected chi connectivity index (χ3v) is 6.39. The number of amides is 4. The lowest BCUT2D eigenvalue weighted by Crippen LogP contribution is -2.43. The van der Waals surface area contributed by atoms with Crippen molar-refractivity contribution < 1.29 is 14.4 Å². The summed E-state index contributed by atoms with van der Waals surface area (Å²) in [4.78, 5) is 39.5. The van der Waals surface area contributed by atoms with Crippen molar-refractivity contribution in [2.24, 2.45) is 0 Å². The predicted molar refractivity (Wildman–Crippen MR) is 108 cm³/mol. The molecule has 2 aliphatic carbocycles. The van der Waals surface area contributed by atoms with Crippen molar-refractivity contribution in [3.05, 3.63) is 64.7 Å². The van der Waals surface area contributed by atoms with E-state index >= 15 is 0 Å². The van der Waals surface area contributed by atoms with Crippen LogP contribution in [0.5, 0.6) is 0 Å². The summed E-state index contributed by atoms with van der Waals surface area (Å²) in [7, 11) is 0. The molecule has 6 heteroatoms. The minimum absolute atomic E-state index is 0.280. The van der Waals surface area contributed by atoms with Gasteiger partial charge in [-0.2, -0.15) is 0 Å². The lowest BCUT2D eigenvalue weighted by Gasteiger charge is -2.22. The maximum atomic E-state index is 13.2. The molecule has 0 bridgehead atoms. The Balaban J connectivity index is 1.35. The largest absolute Gasteiger partial charge is 0.325 e. The highest BCUT2D eigenvalue weighted by Crippen LogP contribution is 2.41. The van der Waals surface area contributed by atoms with Crippen LogP contribution in [0.15, 0.2) is 42.5 Å². The van der Waals surface area contributed by atoms with Crippen molar-refractivity contribution in [1.82, 2.24) is 10.2 Å². The number of fused-ring (bicyclic) bond motifs is 3. The number of nitrogens with zero attached hydrogens (tertiary/aromatic N) is 1. The first-order valence-corrected chi connectivity index (χ1v) is 10.2. The van der Waals surface area contributed by atoms with Crippen LogP contribution in [0.25, 0.3) is 0 Å². The van der Waals surface area contributed by atoms with Gasteiger partial charge in [-0.3, -0.25) is 14.5 Å². The molecule has 1 spiro atoms. The molecule has 1 fully saturated rings. The fourth-order valence-electron chi connectivity index (χ4n) is 4.96. The topological polar surface area (TPSA) is 78.5 Å². The van der Waals surface area contributed by atoms with Crippen LogP contribution in [0.2, 0.25) is 0 Å². The second-order valence-corrected chi connectivity index (χ2v) is 8.08. The molecule has 1 atom stereocenters. The summed E-state index contributed by atoms with van der Waals surface area (Å²) >= 11 is 0. The summed E-state index contributed by atoms with van der Waals surface area (Å²) in [6.45, 7) is -0.280. The molecule has 0 radical (unpaired) electrons. The Hall–Kier alpha value is -3.15. The van der Waals surface area contributed by atoms with Crippen molar-refractivity contribution in [2.45, 2.75) is 44.1 Å². The van der Waals surface area contributed by atoms with Gasteiger partial charge in [-0.1, -0.05) is 36.4 Å². The fourth-order valence-corrected chi connectivity index (χ4v) is 4.96. The second kappa shape index (κ2) is 6.72. The van der Waals surface area contributed by atoms with Gasteiger partial charge in [0.2, 0.25) is 5.91 Å². The quantitative estimate of drug-likeness (QED) is 0.793. The molecule has 2 aromatic carbocycles. The molecule has 5 rings (SSSR count). The summed E-state index contributed by atoms with van der Waals surface area (Å²) in [5.41, 5.74) is 4.12. The third kappa shape index (κ3) is 2.82. The Morgan fingerprint density at radius 2 is 1.79 bits per heavy atom. The van der Waals surface area contributed by atoms with E-state index in [1.807, 2.05) is 36.4 Å². The molecule has 29 heavy (non-hydrogen) atoms. The first kappa shape index (κ1) is 17.9. The zero-order valence-corrected chi connectivity index (χ0v) is 16.2. The van der Waals surface area contributed by atoms with Crippen LogP contribution in [-0.4, -0.2) is 29.3 Å². The molecule has 1 aliphatic heterocycles. The van der Waals surface area contributed by atoms with Crippen LogP contribution in [-0.2, 0) is 34.4 Å². The summed E-state index contributed by atoms with van der Waals surface area (Å²) in [5.74, 6) is -0.687. The van der Waals surface area contributed by atoms with Crippen molar-refractivity contribution in [1.29, 1.82) is 0 Å². The molecule has 6 nitrogen and oxygen atoms in total. The molecule has 2 N–H and O–H groups in total. The van der Waals surface area contributed by atoms with Crippen molar-refractivity contribution in [2.75, 3.05) is 11.9 Å². The summed E-state index contributed by atoms with van der Waals surface area (Å²) in [5, 5.41) is 5.79. The monoisotopic (exact) mass is 389 g/mol. The van der Waals surface area contributed by atoms with E-state index in [2.05, 4.69) is 16.7 Å². The van der Waals surface area contributed by atoms with E-state index in [-0.39, 0.29) is 18.4 Å². The highest BCUT2D eigenvalue weighted by molar-refractivity contribution is 6.11. The molecule has 2 aromatic rings. The number of imide groups is 1. The number of hydrogen-bond donors (Lipinski definition) is 2. The van der Waals surface area contributed by atoms with E-state index in [1.165, 1.54) is 11.1 Å². The van der Waals surface area contributed by atoms with Crippen LogP contribution in [0.3, 0.4) is 0 Å². The number of carbonyl (C=O) groups is 3. The number of anilines is 1. The molecule has 3 aliphatic rings. The minimum Gasteiger partial charge on any atom is -0.324 e. The van der Waals surface area contributed by atoms with E-state index in [4.69, 9.17) is 0 Å². The number of aryl methyl sites for hydroxylation is 2. The molecule has 1 saturated heterocycles. The van der Waals surface area contributed by atoms with Gasteiger partial charge in [0.1, 0.15) is 12.1 Å². The molecule has 0 saturated carbocycles. The fraction of sp³-hybridized carbons (Fsp3) is 0.348. The number of urea groups is 1. The lowest BCUT2D eigenvalue weighted by atomic mass is 9.90. The molecule has 1 heterocycles. The smallest absolute Gasteiger partial charge is 0.324 e. The zero-order chi connectivity index (χ0) is 20.0. The van der Waals surface area contributed by atoms with E-state index in [1.54, 1.807) is 0 Å². The van der Waals surface area contributed by atoms with Gasteiger partial charge >= 0.3 is 6.03 Å². The Morgan fingerprint density at radius 1 is 1.00 bits per heavy atom. The highest BCUT2D eigenvalue weighted by Gasteiger charge is 2.55. The molecule has 148 valence electrons. The normalized spacial score (nSPS) is 22.4. The molecular weight excluding hydrogens is 366 g/mol. The maximum absolute atomic E-state index is 13.2. The van der Waals surface area contributed by atoms with E-state index in [9.17, 15) is 14.4 Å². The average Bonchev–Trinajstić information content (AvgIpc) is 3.22. The third-order valence-electron chi connectivity index (χ3n) is 6.39. The SMILES string of the molecule is O=C(CN1C(=O)NC2(CCc3ccccc32)C1=O)Nc1cccc2c1CCCC2. The summed E-state index contributed by atoms with van der Waals surface area (Å²) in [6.07, 6.45) is 5.49. The van der Waals surface area contributed by atoms with Crippen LogP contribution >= 0.6 is 0 Å². The minimum atomic E-state index is -1.03. The van der Waals surface area contributed by atoms with Crippen LogP contribution < -0.4 is 10.6 Å². The number of benzene rings is 2. The van der Waals surface area contributed by atoms with Crippen molar-refractivity contribution >= 4 is 23.5 Å². The van der Waals surface area contributed by atoms with Crippen molar-refractivity contribution in [3.63, 3.8) is 0 Å². The van der Waals surface area contributed by atoms with Crippen molar-refractivity contribution in [3.8, 4) is 0 Å². The number of hydrogen-bond acceptors (Lipinski definition) is 3. The summed E-state index contributed by atoms with van der Waals surface area (Å²) in [6, 6.07) is 13.1. The van der Waals surface area contributed by atoms with Gasteiger partial charge in [0.15, 0.2) is 0 Å². The van der Waals surface area contributed by atoms with Crippen LogP contribution in [0.1, 0.15) is 41.5 Å². The predicted octanol–water partition coefficient (Wildman–Crippen LogP) is 2.90. The number of carbonyl (C=O) groups excluding carboxylic acids is 3. The first-order chi connectivity index (χ1) is 14.1. The molecule has 1 unspecified atom stereocenters. The van der Waals surface area contributed by atoms with Gasteiger partial charge in [-0.15, -0.1) is 0 Å². The molecule has 4 amide bonds. The maximum Gasteiger partial charge on any atom is 0.325 e. The first-order valence-electron chi connectivity index (χ1n) is 10.2. The molecular formula is C23H23N3O3. The Morgan fingerprint density at radius 3 is 2.69 bits per heavy atom. The Bertz CT molecular complexity index is 1030. The number of rotatable bonds is 3. The van der Waals surface area contributed by atoms with Gasteiger partial charge < -0.3 is 10.6 Å². The summed E-state index contributed by atoms with van der Waals surface area (Å²) < 4.78 is 0. The van der Waals surface area contributed by atoms with Gasteiger partial charge in [0, 0.05) is 5.69 Å². The zero-order valence-electron chi connectivity index (χ0n) is 16.2. The van der Waals surface area contributed by atoms with Gasteiger partial charge in [-0.05, 0) is 66.8 Å². The standard InChI is InChI=1S/C23H23N3O3/c27-20(24-19-11-5-8-15-6-1-3-9-17(15)19)14-26-21(28)23(25-22(26)29)13-12-16-7-2-4-10-18(16)23/h2,4-5,7-8,10-11H,1,3,6,9,12-14H2,(H,24,27)(H,25,29). The van der Waals surface area contributed by atoms with E-state index < -0.39 is 11.6 Å². The highest BCUT2D eigenvalue weighted by atomic mass is 16.2. The van der Waals surface area contributed by atoms with Crippen LogP contribution in [0, 0.1) is 0 Å². The lowest BCUT2D eigenvalue weighted by molar-refractivity contribution is -0.134. The number of nitrogens with one attached hydrogen (secondary N) is 2. The second-order valence-electron chi connectivity index (χ2n) is 8.08. The Labute approximate surface area is 169 Å². The molecule has 0 aromatic heterocycles. The van der Waals surface area contributed by atoms with Crippen LogP contribution in [0.4, 0.5) is 10.5 Å².